The Bertz CT molecular complexity index is 641. The third kappa shape index (κ3) is 6.46. The number of aliphatic hydroxyl groups is 2. The number of benzene rings is 1. The van der Waals surface area contributed by atoms with Crippen LogP contribution in [0.2, 0.25) is 0 Å². The molecule has 1 aliphatic rings. The molecular formula is C22H32N2O4. The highest BCUT2D eigenvalue weighted by Gasteiger charge is 2.36. The lowest BCUT2D eigenvalue weighted by Crippen LogP contribution is -2.51. The Morgan fingerprint density at radius 3 is 2.43 bits per heavy atom. The number of allylic oxidation sites excluding steroid dienone is 1. The number of amides is 2. The van der Waals surface area contributed by atoms with Crippen molar-refractivity contribution in [2.45, 2.75) is 56.5 Å². The average molecular weight is 389 g/mol. The van der Waals surface area contributed by atoms with Crippen molar-refractivity contribution < 1.29 is 19.8 Å². The van der Waals surface area contributed by atoms with Crippen LogP contribution in [-0.4, -0.2) is 46.8 Å². The van der Waals surface area contributed by atoms with Crippen LogP contribution in [0.25, 0.3) is 0 Å². The first-order chi connectivity index (χ1) is 13.5. The first-order valence-corrected chi connectivity index (χ1v) is 10.00. The topological polar surface area (TPSA) is 98.7 Å². The van der Waals surface area contributed by atoms with Gasteiger partial charge >= 0.3 is 0 Å². The number of hydrogen-bond acceptors (Lipinski definition) is 4. The third-order valence-corrected chi connectivity index (χ3v) is 5.42. The normalized spacial score (nSPS) is 17.5. The molecule has 1 aromatic rings. The second-order valence-corrected chi connectivity index (χ2v) is 7.70. The fourth-order valence-corrected chi connectivity index (χ4v) is 3.79. The van der Waals surface area contributed by atoms with Crippen molar-refractivity contribution in [3.8, 4) is 0 Å². The van der Waals surface area contributed by atoms with Gasteiger partial charge in [0.2, 0.25) is 11.8 Å². The fourth-order valence-electron chi connectivity index (χ4n) is 3.79. The zero-order valence-electron chi connectivity index (χ0n) is 16.4. The lowest BCUT2D eigenvalue weighted by atomic mass is 9.94. The Morgan fingerprint density at radius 2 is 1.86 bits per heavy atom. The van der Waals surface area contributed by atoms with Crippen LogP contribution in [0.1, 0.15) is 44.1 Å². The molecule has 0 heterocycles. The highest BCUT2D eigenvalue weighted by atomic mass is 16.3. The van der Waals surface area contributed by atoms with E-state index in [1.807, 2.05) is 30.3 Å². The molecule has 0 aromatic heterocycles. The van der Waals surface area contributed by atoms with Crippen LogP contribution in [0.3, 0.4) is 0 Å². The maximum Gasteiger partial charge on any atom is 0.224 e. The van der Waals surface area contributed by atoms with Gasteiger partial charge in [0.15, 0.2) is 0 Å². The highest BCUT2D eigenvalue weighted by molar-refractivity contribution is 5.86. The van der Waals surface area contributed by atoms with E-state index in [4.69, 9.17) is 0 Å². The number of carbonyl (C=O) groups is 2. The summed E-state index contributed by atoms with van der Waals surface area (Å²) in [6, 6.07) is 9.22. The molecule has 2 rings (SSSR count). The molecule has 2 atom stereocenters. The number of carbonyl (C=O) groups excluding carboxylic acids is 2. The van der Waals surface area contributed by atoms with Gasteiger partial charge in [0, 0.05) is 6.42 Å². The minimum atomic E-state index is -0.562. The van der Waals surface area contributed by atoms with E-state index in [9.17, 15) is 19.8 Å². The number of nitrogens with one attached hydrogen (secondary N) is 2. The van der Waals surface area contributed by atoms with Gasteiger partial charge in [0.25, 0.3) is 0 Å². The molecule has 154 valence electrons. The molecule has 0 saturated heterocycles. The van der Waals surface area contributed by atoms with Gasteiger partial charge in [-0.25, -0.2) is 0 Å². The van der Waals surface area contributed by atoms with Crippen LogP contribution in [-0.2, 0) is 16.0 Å². The Hall–Kier alpha value is -2.18. The van der Waals surface area contributed by atoms with Crippen molar-refractivity contribution >= 4 is 11.8 Å². The summed E-state index contributed by atoms with van der Waals surface area (Å²) >= 11 is 0. The molecule has 1 fully saturated rings. The lowest BCUT2D eigenvalue weighted by Gasteiger charge is -2.30. The quantitative estimate of drug-likeness (QED) is 0.434. The first-order valence-electron chi connectivity index (χ1n) is 10.00. The van der Waals surface area contributed by atoms with Crippen LogP contribution in [0.5, 0.6) is 0 Å². The molecule has 0 unspecified atom stereocenters. The van der Waals surface area contributed by atoms with Crippen molar-refractivity contribution in [3.63, 3.8) is 0 Å². The summed E-state index contributed by atoms with van der Waals surface area (Å²) in [5.41, 5.74) is 0.460. The molecule has 0 bridgehead atoms. The third-order valence-electron chi connectivity index (χ3n) is 5.42. The molecule has 2 amide bonds. The van der Waals surface area contributed by atoms with Gasteiger partial charge in [-0.2, -0.15) is 0 Å². The fraction of sp³-hybridized carbons (Fsp3) is 0.545. The lowest BCUT2D eigenvalue weighted by molar-refractivity contribution is -0.132. The zero-order chi connectivity index (χ0) is 20.4. The van der Waals surface area contributed by atoms with Gasteiger partial charge in [-0.3, -0.25) is 9.59 Å². The molecule has 1 aliphatic carbocycles. The SMILES string of the molecule is C=CC[C@H](CC(=O)N[C@@H](CO)Cc1ccccc1)C(=O)NC1(CO)CCCC1. The summed E-state index contributed by atoms with van der Waals surface area (Å²) in [4.78, 5) is 25.2. The van der Waals surface area contributed by atoms with E-state index in [-0.39, 0.29) is 31.4 Å². The van der Waals surface area contributed by atoms with Crippen molar-refractivity contribution in [1.29, 1.82) is 0 Å². The van der Waals surface area contributed by atoms with Crippen LogP contribution in [0, 0.1) is 5.92 Å². The molecule has 6 heteroatoms. The van der Waals surface area contributed by atoms with Gasteiger partial charge in [-0.1, -0.05) is 49.2 Å². The second-order valence-electron chi connectivity index (χ2n) is 7.70. The summed E-state index contributed by atoms with van der Waals surface area (Å²) in [6.45, 7) is 3.43. The van der Waals surface area contributed by atoms with Crippen molar-refractivity contribution in [1.82, 2.24) is 10.6 Å². The summed E-state index contributed by atoms with van der Waals surface area (Å²) in [7, 11) is 0. The van der Waals surface area contributed by atoms with E-state index in [0.717, 1.165) is 31.2 Å². The monoisotopic (exact) mass is 388 g/mol. The minimum absolute atomic E-state index is 0.0185. The Morgan fingerprint density at radius 1 is 1.18 bits per heavy atom. The van der Waals surface area contributed by atoms with Gasteiger partial charge < -0.3 is 20.8 Å². The highest BCUT2D eigenvalue weighted by Crippen LogP contribution is 2.29. The summed E-state index contributed by atoms with van der Waals surface area (Å²) < 4.78 is 0. The van der Waals surface area contributed by atoms with Gasteiger partial charge in [0.1, 0.15) is 0 Å². The van der Waals surface area contributed by atoms with Crippen LogP contribution < -0.4 is 10.6 Å². The number of aliphatic hydroxyl groups excluding tert-OH is 2. The van der Waals surface area contributed by atoms with Crippen LogP contribution in [0.15, 0.2) is 43.0 Å². The molecule has 28 heavy (non-hydrogen) atoms. The Labute approximate surface area is 167 Å². The molecule has 6 nitrogen and oxygen atoms in total. The first kappa shape index (κ1) is 22.1. The number of hydrogen-bond donors (Lipinski definition) is 4. The molecule has 0 aliphatic heterocycles. The van der Waals surface area contributed by atoms with Crippen LogP contribution in [0.4, 0.5) is 0 Å². The summed E-state index contributed by atoms with van der Waals surface area (Å²) in [5.74, 6) is -1.05. The molecule has 4 N–H and O–H groups in total. The Balaban J connectivity index is 1.93. The molecule has 1 aromatic carbocycles. The van der Waals surface area contributed by atoms with E-state index < -0.39 is 17.5 Å². The van der Waals surface area contributed by atoms with Crippen LogP contribution >= 0.6 is 0 Å². The zero-order valence-corrected chi connectivity index (χ0v) is 16.4. The van der Waals surface area contributed by atoms with Gasteiger partial charge in [-0.15, -0.1) is 6.58 Å². The van der Waals surface area contributed by atoms with Crippen molar-refractivity contribution in [3.05, 3.63) is 48.6 Å². The van der Waals surface area contributed by atoms with E-state index in [0.29, 0.717) is 12.8 Å². The van der Waals surface area contributed by atoms with Gasteiger partial charge in [0.05, 0.1) is 30.7 Å². The summed E-state index contributed by atoms with van der Waals surface area (Å²) in [6.07, 6.45) is 6.02. The maximum atomic E-state index is 12.7. The predicted octanol–water partition coefficient (Wildman–Crippen LogP) is 1.71. The van der Waals surface area contributed by atoms with E-state index in [1.54, 1.807) is 6.08 Å². The Kier molecular flexibility index (Phi) is 8.67. The number of rotatable bonds is 11. The van der Waals surface area contributed by atoms with Gasteiger partial charge in [-0.05, 0) is 31.2 Å². The van der Waals surface area contributed by atoms with Crippen molar-refractivity contribution in [2.24, 2.45) is 5.92 Å². The second kappa shape index (κ2) is 11.0. The summed E-state index contributed by atoms with van der Waals surface area (Å²) in [5, 5.41) is 25.1. The molecular weight excluding hydrogens is 356 g/mol. The largest absolute Gasteiger partial charge is 0.394 e. The average Bonchev–Trinajstić information content (AvgIpc) is 3.16. The predicted molar refractivity (Wildman–Crippen MR) is 109 cm³/mol. The molecule has 0 spiro atoms. The molecule has 1 saturated carbocycles. The van der Waals surface area contributed by atoms with E-state index in [2.05, 4.69) is 17.2 Å². The van der Waals surface area contributed by atoms with Crippen molar-refractivity contribution in [2.75, 3.05) is 13.2 Å². The minimum Gasteiger partial charge on any atom is -0.394 e. The maximum absolute atomic E-state index is 12.7. The van der Waals surface area contributed by atoms with E-state index >= 15 is 0 Å². The molecule has 0 radical (unpaired) electrons. The smallest absolute Gasteiger partial charge is 0.224 e. The standard InChI is InChI=1S/C22H32N2O4/c1-2-8-18(21(28)24-22(16-26)11-6-7-12-22)14-20(27)23-19(15-25)13-17-9-4-3-5-10-17/h2-5,9-10,18-19,25-26H,1,6-8,11-16H2,(H,23,27)(H,24,28)/t18-,19-/m1/s1. The van der Waals surface area contributed by atoms with E-state index in [1.165, 1.54) is 0 Å².